The van der Waals surface area contributed by atoms with Gasteiger partial charge < -0.3 is 15.0 Å². The lowest BCUT2D eigenvalue weighted by Gasteiger charge is -2.20. The van der Waals surface area contributed by atoms with Crippen molar-refractivity contribution in [1.82, 2.24) is 0 Å². The van der Waals surface area contributed by atoms with Crippen LogP contribution in [0.3, 0.4) is 0 Å². The Morgan fingerprint density at radius 1 is 1.14 bits per heavy atom. The van der Waals surface area contributed by atoms with E-state index < -0.39 is 6.10 Å². The predicted octanol–water partition coefficient (Wildman–Crippen LogP) is 4.65. The summed E-state index contributed by atoms with van der Waals surface area (Å²) in [7, 11) is 0. The van der Waals surface area contributed by atoms with Crippen LogP contribution in [0, 0.1) is 6.92 Å². The average Bonchev–Trinajstić information content (AvgIpc) is 3.07. The number of carbonyl (C=O) groups is 2. The number of nitrogens with one attached hydrogen (secondary N) is 1. The summed E-state index contributed by atoms with van der Waals surface area (Å²) in [4.78, 5) is 26.4. The molecule has 1 saturated heterocycles. The van der Waals surface area contributed by atoms with Crippen LogP contribution in [0.5, 0.6) is 5.75 Å². The second-order valence-electron chi connectivity index (χ2n) is 7.64. The van der Waals surface area contributed by atoms with E-state index in [1.54, 1.807) is 11.8 Å². The molecule has 0 aromatic heterocycles. The maximum absolute atomic E-state index is 12.7. The van der Waals surface area contributed by atoms with Gasteiger partial charge in [-0.15, -0.1) is 0 Å². The molecular weight excluding hydrogens is 352 g/mol. The van der Waals surface area contributed by atoms with Crippen LogP contribution in [0.1, 0.15) is 50.7 Å². The van der Waals surface area contributed by atoms with Crippen LogP contribution in [-0.4, -0.2) is 24.5 Å². The van der Waals surface area contributed by atoms with Crippen LogP contribution < -0.4 is 15.0 Å². The van der Waals surface area contributed by atoms with E-state index in [0.29, 0.717) is 18.0 Å². The third-order valence-corrected chi connectivity index (χ3v) is 4.96. The smallest absolute Gasteiger partial charge is 0.265 e. The molecule has 0 saturated carbocycles. The SMILES string of the molecule is Cc1ccc(C(C)C)c(OC(C)C(=O)Nc2cccc(N3CCCC3=O)c2)c1. The second-order valence-corrected chi connectivity index (χ2v) is 7.64. The Morgan fingerprint density at radius 2 is 1.93 bits per heavy atom. The van der Waals surface area contributed by atoms with Crippen molar-refractivity contribution in [3.63, 3.8) is 0 Å². The summed E-state index contributed by atoms with van der Waals surface area (Å²) < 4.78 is 5.99. The van der Waals surface area contributed by atoms with E-state index in [-0.39, 0.29) is 11.8 Å². The summed E-state index contributed by atoms with van der Waals surface area (Å²) in [5, 5.41) is 2.90. The topological polar surface area (TPSA) is 58.6 Å². The third kappa shape index (κ3) is 4.53. The Bertz CT molecular complexity index is 876. The van der Waals surface area contributed by atoms with Gasteiger partial charge >= 0.3 is 0 Å². The van der Waals surface area contributed by atoms with Crippen molar-refractivity contribution in [3.05, 3.63) is 53.6 Å². The summed E-state index contributed by atoms with van der Waals surface area (Å²) >= 11 is 0. The van der Waals surface area contributed by atoms with E-state index in [4.69, 9.17) is 4.74 Å². The molecule has 1 N–H and O–H groups in total. The fraction of sp³-hybridized carbons (Fsp3) is 0.391. The van der Waals surface area contributed by atoms with Crippen LogP contribution in [0.4, 0.5) is 11.4 Å². The number of rotatable bonds is 6. The van der Waals surface area contributed by atoms with Gasteiger partial charge in [0.1, 0.15) is 5.75 Å². The number of hydrogen-bond acceptors (Lipinski definition) is 3. The summed E-state index contributed by atoms with van der Waals surface area (Å²) in [6.07, 6.45) is 0.807. The van der Waals surface area contributed by atoms with Gasteiger partial charge in [-0.2, -0.15) is 0 Å². The maximum atomic E-state index is 12.7. The number of nitrogens with zero attached hydrogens (tertiary/aromatic N) is 1. The lowest BCUT2D eigenvalue weighted by Crippen LogP contribution is -2.30. The lowest BCUT2D eigenvalue weighted by atomic mass is 10.0. The van der Waals surface area contributed by atoms with Gasteiger partial charge in [-0.1, -0.05) is 32.0 Å². The van der Waals surface area contributed by atoms with E-state index in [0.717, 1.165) is 35.5 Å². The number of hydrogen-bond donors (Lipinski definition) is 1. The molecule has 1 heterocycles. The zero-order valence-electron chi connectivity index (χ0n) is 17.0. The Kier molecular flexibility index (Phi) is 6.02. The third-order valence-electron chi connectivity index (χ3n) is 4.96. The number of aryl methyl sites for hydroxylation is 1. The summed E-state index contributed by atoms with van der Waals surface area (Å²) in [5.41, 5.74) is 3.65. The van der Waals surface area contributed by atoms with Crippen molar-refractivity contribution in [2.75, 3.05) is 16.8 Å². The zero-order chi connectivity index (χ0) is 20.3. The van der Waals surface area contributed by atoms with Gasteiger partial charge in [0.2, 0.25) is 5.91 Å². The molecule has 2 aromatic rings. The van der Waals surface area contributed by atoms with E-state index in [1.807, 2.05) is 37.3 Å². The van der Waals surface area contributed by atoms with Crippen molar-refractivity contribution >= 4 is 23.2 Å². The van der Waals surface area contributed by atoms with Crippen LogP contribution in [0.25, 0.3) is 0 Å². The van der Waals surface area contributed by atoms with E-state index in [1.165, 1.54) is 0 Å². The van der Waals surface area contributed by atoms with Crippen molar-refractivity contribution in [1.29, 1.82) is 0 Å². The molecule has 1 atom stereocenters. The minimum absolute atomic E-state index is 0.126. The molecule has 28 heavy (non-hydrogen) atoms. The fourth-order valence-electron chi connectivity index (χ4n) is 3.38. The lowest BCUT2D eigenvalue weighted by molar-refractivity contribution is -0.122. The highest BCUT2D eigenvalue weighted by molar-refractivity contribution is 5.97. The summed E-state index contributed by atoms with van der Waals surface area (Å²) in [6.45, 7) is 8.68. The first-order chi connectivity index (χ1) is 13.3. The molecule has 0 bridgehead atoms. The zero-order valence-corrected chi connectivity index (χ0v) is 17.0. The van der Waals surface area contributed by atoms with E-state index >= 15 is 0 Å². The number of anilines is 2. The van der Waals surface area contributed by atoms with Gasteiger partial charge in [-0.3, -0.25) is 9.59 Å². The Labute approximate surface area is 166 Å². The molecule has 3 rings (SSSR count). The van der Waals surface area contributed by atoms with Crippen LogP contribution in [0.15, 0.2) is 42.5 Å². The van der Waals surface area contributed by atoms with Gasteiger partial charge in [0.05, 0.1) is 0 Å². The largest absolute Gasteiger partial charge is 0.481 e. The maximum Gasteiger partial charge on any atom is 0.265 e. The monoisotopic (exact) mass is 380 g/mol. The molecule has 5 heteroatoms. The highest BCUT2D eigenvalue weighted by Crippen LogP contribution is 2.29. The van der Waals surface area contributed by atoms with E-state index in [2.05, 4.69) is 31.3 Å². The highest BCUT2D eigenvalue weighted by atomic mass is 16.5. The van der Waals surface area contributed by atoms with Crippen molar-refractivity contribution in [2.24, 2.45) is 0 Å². The molecule has 1 fully saturated rings. The normalized spacial score (nSPS) is 15.0. The number of amides is 2. The van der Waals surface area contributed by atoms with Crippen LogP contribution in [-0.2, 0) is 9.59 Å². The highest BCUT2D eigenvalue weighted by Gasteiger charge is 2.22. The number of ether oxygens (including phenoxy) is 1. The fourth-order valence-corrected chi connectivity index (χ4v) is 3.38. The van der Waals surface area contributed by atoms with Gasteiger partial charge in [0, 0.05) is 24.3 Å². The second kappa shape index (κ2) is 8.46. The Balaban J connectivity index is 1.70. The van der Waals surface area contributed by atoms with Gasteiger partial charge in [0.15, 0.2) is 6.10 Å². The Hall–Kier alpha value is -2.82. The number of benzene rings is 2. The molecule has 0 spiro atoms. The minimum Gasteiger partial charge on any atom is -0.481 e. The minimum atomic E-state index is -0.642. The van der Waals surface area contributed by atoms with Crippen molar-refractivity contribution < 1.29 is 14.3 Å². The molecule has 0 radical (unpaired) electrons. The van der Waals surface area contributed by atoms with Crippen molar-refractivity contribution in [2.45, 2.75) is 52.6 Å². The van der Waals surface area contributed by atoms with Crippen molar-refractivity contribution in [3.8, 4) is 5.75 Å². The standard InChI is InChI=1S/C23H28N2O3/c1-15(2)20-11-10-16(3)13-21(20)28-17(4)23(27)24-18-7-5-8-19(14-18)25-12-6-9-22(25)26/h5,7-8,10-11,13-15,17H,6,9,12H2,1-4H3,(H,24,27). The van der Waals surface area contributed by atoms with Gasteiger partial charge in [-0.25, -0.2) is 0 Å². The predicted molar refractivity (Wildman–Crippen MR) is 112 cm³/mol. The first kappa shape index (κ1) is 19.9. The molecule has 0 aliphatic carbocycles. The molecule has 1 aliphatic rings. The van der Waals surface area contributed by atoms with E-state index in [9.17, 15) is 9.59 Å². The summed E-state index contributed by atoms with van der Waals surface area (Å²) in [6, 6.07) is 13.5. The first-order valence-corrected chi connectivity index (χ1v) is 9.83. The van der Waals surface area contributed by atoms with Gasteiger partial charge in [0.25, 0.3) is 5.91 Å². The molecule has 1 aliphatic heterocycles. The van der Waals surface area contributed by atoms with Gasteiger partial charge in [-0.05, 0) is 61.6 Å². The molecule has 1 unspecified atom stereocenters. The first-order valence-electron chi connectivity index (χ1n) is 9.83. The average molecular weight is 380 g/mol. The molecule has 148 valence electrons. The quantitative estimate of drug-likeness (QED) is 0.793. The summed E-state index contributed by atoms with van der Waals surface area (Å²) in [5.74, 6) is 0.955. The molecular formula is C23H28N2O3. The number of carbonyl (C=O) groups excluding carboxylic acids is 2. The Morgan fingerprint density at radius 3 is 2.61 bits per heavy atom. The van der Waals surface area contributed by atoms with Crippen LogP contribution >= 0.6 is 0 Å². The molecule has 2 amide bonds. The molecule has 5 nitrogen and oxygen atoms in total. The molecule has 2 aromatic carbocycles. The van der Waals surface area contributed by atoms with Crippen LogP contribution in [0.2, 0.25) is 0 Å².